The highest BCUT2D eigenvalue weighted by Crippen LogP contribution is 2.21. The number of piperidine rings is 1. The molecule has 0 aliphatic carbocycles. The number of carbonyl (C=O) groups is 2. The number of benzene rings is 1. The highest BCUT2D eigenvalue weighted by molar-refractivity contribution is 7.12. The number of fused-ring (bicyclic) bond motifs is 1. The topological polar surface area (TPSA) is 80.1 Å². The molecule has 1 aromatic carbocycles. The Hall–Kier alpha value is -2.74. The van der Waals surface area contributed by atoms with E-state index in [1.165, 1.54) is 11.3 Å². The van der Waals surface area contributed by atoms with Gasteiger partial charge in [0.15, 0.2) is 0 Å². The van der Waals surface area contributed by atoms with Crippen LogP contribution in [0.4, 0.5) is 0 Å². The number of hydrogen-bond donors (Lipinski definition) is 1. The molecule has 0 spiro atoms. The van der Waals surface area contributed by atoms with E-state index in [1.54, 1.807) is 0 Å². The van der Waals surface area contributed by atoms with Gasteiger partial charge < -0.3 is 10.2 Å². The van der Waals surface area contributed by atoms with Crippen molar-refractivity contribution in [1.29, 1.82) is 0 Å². The number of rotatable bonds is 5. The molecular formula is C20H23N5O2S. The predicted octanol–water partition coefficient (Wildman–Crippen LogP) is 2.55. The first kappa shape index (κ1) is 18.6. The average molecular weight is 398 g/mol. The van der Waals surface area contributed by atoms with E-state index >= 15 is 0 Å². The molecule has 3 aromatic rings. The lowest BCUT2D eigenvalue weighted by molar-refractivity contribution is -0.127. The van der Waals surface area contributed by atoms with Crippen LogP contribution >= 0.6 is 11.3 Å². The van der Waals surface area contributed by atoms with Crippen molar-refractivity contribution in [2.24, 2.45) is 5.92 Å². The van der Waals surface area contributed by atoms with E-state index in [1.807, 2.05) is 58.3 Å². The van der Waals surface area contributed by atoms with Crippen LogP contribution < -0.4 is 5.32 Å². The first-order valence-corrected chi connectivity index (χ1v) is 10.4. The Labute approximate surface area is 167 Å². The Bertz CT molecular complexity index is 960. The maximum atomic E-state index is 12.6. The Kier molecular flexibility index (Phi) is 5.38. The number of thiophene rings is 1. The summed E-state index contributed by atoms with van der Waals surface area (Å²) >= 11 is 1.46. The van der Waals surface area contributed by atoms with Crippen molar-refractivity contribution < 1.29 is 9.59 Å². The monoisotopic (exact) mass is 397 g/mol. The van der Waals surface area contributed by atoms with Crippen molar-refractivity contribution in [2.45, 2.75) is 32.4 Å². The molecule has 146 valence electrons. The summed E-state index contributed by atoms with van der Waals surface area (Å²) in [5.74, 6) is 0.0720. The molecule has 3 heterocycles. The number of amides is 2. The van der Waals surface area contributed by atoms with Crippen LogP contribution in [0, 0.1) is 5.92 Å². The zero-order valence-electron chi connectivity index (χ0n) is 15.7. The van der Waals surface area contributed by atoms with E-state index < -0.39 is 0 Å². The van der Waals surface area contributed by atoms with Gasteiger partial charge in [0.2, 0.25) is 5.91 Å². The molecule has 0 radical (unpaired) electrons. The van der Waals surface area contributed by atoms with Gasteiger partial charge in [-0.1, -0.05) is 23.4 Å². The highest BCUT2D eigenvalue weighted by atomic mass is 32.1. The zero-order chi connectivity index (χ0) is 19.5. The van der Waals surface area contributed by atoms with Crippen LogP contribution in [-0.4, -0.2) is 50.8 Å². The Morgan fingerprint density at radius 3 is 2.75 bits per heavy atom. The normalized spacial score (nSPS) is 16.2. The van der Waals surface area contributed by atoms with E-state index in [0.29, 0.717) is 32.5 Å². The maximum absolute atomic E-state index is 12.6. The molecule has 1 aliphatic rings. The molecule has 28 heavy (non-hydrogen) atoms. The number of hydrogen-bond acceptors (Lipinski definition) is 5. The van der Waals surface area contributed by atoms with Crippen molar-refractivity contribution in [3.05, 3.63) is 46.7 Å². The van der Waals surface area contributed by atoms with Crippen molar-refractivity contribution in [3.63, 3.8) is 0 Å². The summed E-state index contributed by atoms with van der Waals surface area (Å²) in [6.07, 6.45) is 1.39. The molecule has 0 unspecified atom stereocenters. The van der Waals surface area contributed by atoms with Gasteiger partial charge in [-0.2, -0.15) is 0 Å². The van der Waals surface area contributed by atoms with Crippen LogP contribution in [0.3, 0.4) is 0 Å². The Balaban J connectivity index is 1.29. The Morgan fingerprint density at radius 1 is 1.21 bits per heavy atom. The van der Waals surface area contributed by atoms with Gasteiger partial charge >= 0.3 is 0 Å². The van der Waals surface area contributed by atoms with E-state index in [4.69, 9.17) is 0 Å². The molecule has 4 rings (SSSR count). The van der Waals surface area contributed by atoms with Crippen LogP contribution in [-0.2, 0) is 11.3 Å². The molecule has 1 saturated heterocycles. The van der Waals surface area contributed by atoms with Crippen molar-refractivity contribution in [3.8, 4) is 0 Å². The van der Waals surface area contributed by atoms with Crippen LogP contribution in [0.2, 0.25) is 0 Å². The molecule has 7 nitrogen and oxygen atoms in total. The second kappa shape index (κ2) is 8.10. The molecule has 0 saturated carbocycles. The first-order chi connectivity index (χ1) is 13.6. The fourth-order valence-corrected chi connectivity index (χ4v) is 4.31. The van der Waals surface area contributed by atoms with Gasteiger partial charge in [0, 0.05) is 25.0 Å². The fourth-order valence-electron chi connectivity index (χ4n) is 3.62. The van der Waals surface area contributed by atoms with Gasteiger partial charge in [-0.05, 0) is 43.3 Å². The number of likely N-dealkylation sites (tertiary alicyclic amines) is 1. The molecular weight excluding hydrogens is 374 g/mol. The minimum absolute atomic E-state index is 0.0524. The van der Waals surface area contributed by atoms with Crippen molar-refractivity contribution in [2.75, 3.05) is 13.1 Å². The largest absolute Gasteiger partial charge is 0.352 e. The molecule has 1 aliphatic heterocycles. The van der Waals surface area contributed by atoms with Gasteiger partial charge in [-0.3, -0.25) is 9.59 Å². The van der Waals surface area contributed by atoms with Crippen molar-refractivity contribution >= 4 is 34.2 Å². The van der Waals surface area contributed by atoms with E-state index in [-0.39, 0.29) is 23.8 Å². The standard InChI is InChI=1S/C20H23N5O2S/c1-14(13-25-17-6-3-2-5-16(17)22-23-25)21-19(26)15-8-10-24(11-9-15)20(27)18-7-4-12-28-18/h2-7,12,14-15H,8-11,13H2,1H3,(H,21,26)/t14-/m1/s1. The third-order valence-electron chi connectivity index (χ3n) is 5.14. The molecule has 1 N–H and O–H groups in total. The molecule has 1 atom stereocenters. The second-order valence-corrected chi connectivity index (χ2v) is 8.16. The van der Waals surface area contributed by atoms with Crippen LogP contribution in [0.5, 0.6) is 0 Å². The summed E-state index contributed by atoms with van der Waals surface area (Å²) in [6, 6.07) is 11.5. The van der Waals surface area contributed by atoms with Gasteiger partial charge in [0.05, 0.1) is 16.9 Å². The first-order valence-electron chi connectivity index (χ1n) is 9.53. The molecule has 8 heteroatoms. The maximum Gasteiger partial charge on any atom is 0.263 e. The molecule has 2 aromatic heterocycles. The van der Waals surface area contributed by atoms with Gasteiger partial charge in [-0.25, -0.2) is 4.68 Å². The molecule has 2 amide bonds. The SMILES string of the molecule is C[C@H](Cn1nnc2ccccc21)NC(=O)C1CCN(C(=O)c2cccs2)CC1. The molecule has 0 bridgehead atoms. The quantitative estimate of drug-likeness (QED) is 0.718. The second-order valence-electron chi connectivity index (χ2n) is 7.21. The number of nitrogens with one attached hydrogen (secondary N) is 1. The highest BCUT2D eigenvalue weighted by Gasteiger charge is 2.28. The third kappa shape index (κ3) is 3.91. The van der Waals surface area contributed by atoms with Gasteiger partial charge in [0.1, 0.15) is 5.52 Å². The summed E-state index contributed by atoms with van der Waals surface area (Å²) in [5, 5.41) is 13.3. The summed E-state index contributed by atoms with van der Waals surface area (Å²) < 4.78 is 1.82. The average Bonchev–Trinajstić information content (AvgIpc) is 3.38. The summed E-state index contributed by atoms with van der Waals surface area (Å²) in [7, 11) is 0. The molecule has 1 fully saturated rings. The van der Waals surface area contributed by atoms with Gasteiger partial charge in [-0.15, -0.1) is 16.4 Å². The smallest absolute Gasteiger partial charge is 0.263 e. The third-order valence-corrected chi connectivity index (χ3v) is 6.00. The summed E-state index contributed by atoms with van der Waals surface area (Å²) in [4.78, 5) is 27.7. The predicted molar refractivity (Wildman–Crippen MR) is 108 cm³/mol. The number of para-hydroxylation sites is 1. The van der Waals surface area contributed by atoms with E-state index in [2.05, 4.69) is 15.6 Å². The van der Waals surface area contributed by atoms with Crippen molar-refractivity contribution in [1.82, 2.24) is 25.2 Å². The Morgan fingerprint density at radius 2 is 2.00 bits per heavy atom. The minimum atomic E-state index is -0.0534. The van der Waals surface area contributed by atoms with Crippen LogP contribution in [0.15, 0.2) is 41.8 Å². The number of carbonyl (C=O) groups excluding carboxylic acids is 2. The number of nitrogens with zero attached hydrogens (tertiary/aromatic N) is 4. The van der Waals surface area contributed by atoms with Gasteiger partial charge in [0.25, 0.3) is 5.91 Å². The minimum Gasteiger partial charge on any atom is -0.352 e. The lowest BCUT2D eigenvalue weighted by atomic mass is 9.95. The van der Waals surface area contributed by atoms with Crippen LogP contribution in [0.25, 0.3) is 11.0 Å². The van der Waals surface area contributed by atoms with E-state index in [9.17, 15) is 9.59 Å². The fraction of sp³-hybridized carbons (Fsp3) is 0.400. The van der Waals surface area contributed by atoms with E-state index in [0.717, 1.165) is 15.9 Å². The number of aromatic nitrogens is 3. The van der Waals surface area contributed by atoms with Crippen LogP contribution in [0.1, 0.15) is 29.4 Å². The zero-order valence-corrected chi connectivity index (χ0v) is 16.6. The lowest BCUT2D eigenvalue weighted by Gasteiger charge is -2.31. The lowest BCUT2D eigenvalue weighted by Crippen LogP contribution is -2.45. The summed E-state index contributed by atoms with van der Waals surface area (Å²) in [6.45, 7) is 3.79. The summed E-state index contributed by atoms with van der Waals surface area (Å²) in [5.41, 5.74) is 1.81.